The molecule has 0 aliphatic rings. The van der Waals surface area contributed by atoms with E-state index in [-0.39, 0.29) is 11.0 Å². The molecule has 0 aliphatic heterocycles. The molecule has 0 fully saturated rings. The fourth-order valence-electron chi connectivity index (χ4n) is 1.80. The van der Waals surface area contributed by atoms with Crippen LogP contribution in [0.15, 0.2) is 42.5 Å². The molecule has 0 bridgehead atoms. The molecule has 1 amide bonds. The topological polar surface area (TPSA) is 50.4 Å². The molecule has 0 heterocycles. The number of carbonyl (C=O) groups is 1. The van der Waals surface area contributed by atoms with Gasteiger partial charge in [0.25, 0.3) is 5.91 Å². The second-order valence-electron chi connectivity index (χ2n) is 4.60. The summed E-state index contributed by atoms with van der Waals surface area (Å²) in [5.74, 6) is 0.395. The first-order chi connectivity index (χ1) is 10.5. The van der Waals surface area contributed by atoms with Gasteiger partial charge >= 0.3 is 0 Å². The molecule has 0 atom stereocenters. The molecule has 0 spiro atoms. The largest absolute Gasteiger partial charge is 0.497 e. The summed E-state index contributed by atoms with van der Waals surface area (Å²) in [5, 5.41) is 6.40. The summed E-state index contributed by atoms with van der Waals surface area (Å²) in [4.78, 5) is 12.1. The van der Waals surface area contributed by atoms with E-state index in [9.17, 15) is 4.79 Å². The number of thiocarbonyl (C=S) groups is 1. The summed E-state index contributed by atoms with van der Waals surface area (Å²) in [6.07, 6.45) is 0. The number of aryl methyl sites for hydroxylation is 1. The van der Waals surface area contributed by atoms with Crippen LogP contribution in [0, 0.1) is 6.92 Å². The van der Waals surface area contributed by atoms with E-state index in [1.807, 2.05) is 13.0 Å². The van der Waals surface area contributed by atoms with Crippen LogP contribution in [-0.2, 0) is 0 Å². The van der Waals surface area contributed by atoms with Crippen molar-refractivity contribution < 1.29 is 9.53 Å². The summed E-state index contributed by atoms with van der Waals surface area (Å²) in [5.41, 5.74) is 2.23. The number of halogens is 1. The monoisotopic (exact) mass is 334 g/mol. The molecular weight excluding hydrogens is 320 g/mol. The maximum atomic E-state index is 12.1. The van der Waals surface area contributed by atoms with Crippen molar-refractivity contribution in [1.82, 2.24) is 5.32 Å². The van der Waals surface area contributed by atoms with Gasteiger partial charge < -0.3 is 10.1 Å². The minimum Gasteiger partial charge on any atom is -0.497 e. The van der Waals surface area contributed by atoms with E-state index in [2.05, 4.69) is 10.6 Å². The Morgan fingerprint density at radius 2 is 1.86 bits per heavy atom. The SMILES string of the molecule is COc1ccc(C(=O)NC(=S)Nc2cc(Cl)ccc2C)cc1. The lowest BCUT2D eigenvalue weighted by Gasteiger charge is -2.12. The molecule has 6 heteroatoms. The molecule has 4 nitrogen and oxygen atoms in total. The van der Waals surface area contributed by atoms with Gasteiger partial charge in [-0.2, -0.15) is 0 Å². The Morgan fingerprint density at radius 3 is 2.50 bits per heavy atom. The summed E-state index contributed by atoms with van der Waals surface area (Å²) < 4.78 is 5.05. The Hall–Kier alpha value is -2.11. The van der Waals surface area contributed by atoms with E-state index in [0.29, 0.717) is 16.3 Å². The molecule has 2 aromatic rings. The second kappa shape index (κ2) is 7.24. The Balaban J connectivity index is 2.01. The van der Waals surface area contributed by atoms with Gasteiger partial charge in [-0.05, 0) is 61.1 Å². The second-order valence-corrected chi connectivity index (χ2v) is 5.44. The maximum absolute atomic E-state index is 12.1. The van der Waals surface area contributed by atoms with Crippen LogP contribution in [0.3, 0.4) is 0 Å². The van der Waals surface area contributed by atoms with Crippen molar-refractivity contribution in [2.75, 3.05) is 12.4 Å². The zero-order valence-corrected chi connectivity index (χ0v) is 13.7. The van der Waals surface area contributed by atoms with E-state index in [4.69, 9.17) is 28.6 Å². The van der Waals surface area contributed by atoms with Gasteiger partial charge in [-0.3, -0.25) is 10.1 Å². The quantitative estimate of drug-likeness (QED) is 0.839. The van der Waals surface area contributed by atoms with Crippen LogP contribution in [-0.4, -0.2) is 18.1 Å². The Bertz CT molecular complexity index is 702. The van der Waals surface area contributed by atoms with Gasteiger partial charge in [0.2, 0.25) is 0 Å². The molecular formula is C16H15ClN2O2S. The van der Waals surface area contributed by atoms with Gasteiger partial charge in [0.15, 0.2) is 5.11 Å². The summed E-state index contributed by atoms with van der Waals surface area (Å²) in [6, 6.07) is 12.2. The first-order valence-corrected chi connectivity index (χ1v) is 7.31. The summed E-state index contributed by atoms with van der Waals surface area (Å²) in [6.45, 7) is 1.92. The number of nitrogens with one attached hydrogen (secondary N) is 2. The highest BCUT2D eigenvalue weighted by Gasteiger charge is 2.09. The molecule has 0 aliphatic carbocycles. The lowest BCUT2D eigenvalue weighted by Crippen LogP contribution is -2.34. The molecule has 2 aromatic carbocycles. The zero-order chi connectivity index (χ0) is 16.1. The Kier molecular flexibility index (Phi) is 5.35. The van der Waals surface area contributed by atoms with Crippen molar-refractivity contribution in [1.29, 1.82) is 0 Å². The molecule has 0 saturated heterocycles. The highest BCUT2D eigenvalue weighted by atomic mass is 35.5. The van der Waals surface area contributed by atoms with Gasteiger partial charge in [0.05, 0.1) is 7.11 Å². The van der Waals surface area contributed by atoms with E-state index < -0.39 is 0 Å². The average Bonchev–Trinajstić information content (AvgIpc) is 2.51. The number of benzene rings is 2. The van der Waals surface area contributed by atoms with Gasteiger partial charge in [-0.15, -0.1) is 0 Å². The van der Waals surface area contributed by atoms with Gasteiger partial charge in [0, 0.05) is 16.3 Å². The molecule has 0 saturated carbocycles. The first kappa shape index (κ1) is 16.3. The van der Waals surface area contributed by atoms with Crippen LogP contribution in [0.4, 0.5) is 5.69 Å². The highest BCUT2D eigenvalue weighted by Crippen LogP contribution is 2.20. The fourth-order valence-corrected chi connectivity index (χ4v) is 2.17. The summed E-state index contributed by atoms with van der Waals surface area (Å²) >= 11 is 11.1. The third kappa shape index (κ3) is 4.19. The predicted octanol–water partition coefficient (Wildman–Crippen LogP) is 3.78. The molecule has 2 rings (SSSR count). The molecule has 0 unspecified atom stereocenters. The Morgan fingerprint density at radius 1 is 1.18 bits per heavy atom. The average molecular weight is 335 g/mol. The van der Waals surface area contributed by atoms with Crippen molar-refractivity contribution in [3.8, 4) is 5.75 Å². The van der Waals surface area contributed by atoms with Crippen LogP contribution in [0.5, 0.6) is 5.75 Å². The fraction of sp³-hybridized carbons (Fsp3) is 0.125. The minimum absolute atomic E-state index is 0.214. The number of hydrogen-bond acceptors (Lipinski definition) is 3. The molecule has 0 aromatic heterocycles. The zero-order valence-electron chi connectivity index (χ0n) is 12.1. The van der Waals surface area contributed by atoms with Crippen LogP contribution in [0.2, 0.25) is 5.02 Å². The van der Waals surface area contributed by atoms with Gasteiger partial charge in [0.1, 0.15) is 5.75 Å². The minimum atomic E-state index is -0.292. The van der Waals surface area contributed by atoms with Crippen molar-refractivity contribution >= 4 is 40.5 Å². The third-order valence-electron chi connectivity index (χ3n) is 3.03. The van der Waals surface area contributed by atoms with Crippen LogP contribution in [0.25, 0.3) is 0 Å². The number of rotatable bonds is 3. The number of anilines is 1. The van der Waals surface area contributed by atoms with Crippen LogP contribution < -0.4 is 15.4 Å². The smallest absolute Gasteiger partial charge is 0.257 e. The first-order valence-electron chi connectivity index (χ1n) is 6.52. The maximum Gasteiger partial charge on any atom is 0.257 e. The van der Waals surface area contributed by atoms with Crippen LogP contribution in [0.1, 0.15) is 15.9 Å². The van der Waals surface area contributed by atoms with Crippen molar-refractivity contribution in [2.45, 2.75) is 6.92 Å². The molecule has 22 heavy (non-hydrogen) atoms. The Labute approximate surface area is 139 Å². The number of methoxy groups -OCH3 is 1. The highest BCUT2D eigenvalue weighted by molar-refractivity contribution is 7.80. The van der Waals surface area contributed by atoms with Gasteiger partial charge in [-0.1, -0.05) is 17.7 Å². The van der Waals surface area contributed by atoms with E-state index in [1.54, 1.807) is 43.5 Å². The van der Waals surface area contributed by atoms with E-state index >= 15 is 0 Å². The number of amides is 1. The van der Waals surface area contributed by atoms with Crippen molar-refractivity contribution in [3.05, 3.63) is 58.6 Å². The number of ether oxygens (including phenoxy) is 1. The lowest BCUT2D eigenvalue weighted by molar-refractivity contribution is 0.0977. The van der Waals surface area contributed by atoms with Crippen molar-refractivity contribution in [3.63, 3.8) is 0 Å². The van der Waals surface area contributed by atoms with E-state index in [0.717, 1.165) is 11.3 Å². The normalized spacial score (nSPS) is 9.95. The molecule has 0 radical (unpaired) electrons. The molecule has 114 valence electrons. The van der Waals surface area contributed by atoms with Gasteiger partial charge in [-0.25, -0.2) is 0 Å². The van der Waals surface area contributed by atoms with Crippen molar-refractivity contribution in [2.24, 2.45) is 0 Å². The number of carbonyl (C=O) groups excluding carboxylic acids is 1. The standard InChI is InChI=1S/C16H15ClN2O2S/c1-10-3-6-12(17)9-14(10)18-16(22)19-15(20)11-4-7-13(21-2)8-5-11/h3-9H,1-2H3,(H2,18,19,20,22). The van der Waals surface area contributed by atoms with Crippen LogP contribution >= 0.6 is 23.8 Å². The predicted molar refractivity (Wildman–Crippen MR) is 92.9 cm³/mol. The lowest BCUT2D eigenvalue weighted by atomic mass is 10.2. The summed E-state index contributed by atoms with van der Waals surface area (Å²) in [7, 11) is 1.57. The third-order valence-corrected chi connectivity index (χ3v) is 3.47. The van der Waals surface area contributed by atoms with E-state index in [1.165, 1.54) is 0 Å². The molecule has 2 N–H and O–H groups in total. The number of hydrogen-bond donors (Lipinski definition) is 2.